The Balaban J connectivity index is 4.21. The molecule has 2 heteroatoms. The van der Waals surface area contributed by atoms with Crippen LogP contribution in [0.3, 0.4) is 0 Å². The molecule has 0 aromatic rings. The summed E-state index contributed by atoms with van der Waals surface area (Å²) in [5, 5.41) is 0. The molecule has 2 nitrogen and oxygen atoms in total. The van der Waals surface area contributed by atoms with E-state index in [1.165, 1.54) is 6.92 Å². The average molecular weight is 156 g/mol. The summed E-state index contributed by atoms with van der Waals surface area (Å²) in [6, 6.07) is 0. The van der Waals surface area contributed by atoms with Crippen LogP contribution in [0.5, 0.6) is 0 Å². The van der Waals surface area contributed by atoms with Gasteiger partial charge in [0, 0.05) is 18.3 Å². The highest BCUT2D eigenvalue weighted by molar-refractivity contribution is 5.89. The van der Waals surface area contributed by atoms with Crippen molar-refractivity contribution in [1.29, 1.82) is 0 Å². The van der Waals surface area contributed by atoms with E-state index in [2.05, 4.69) is 0 Å². The van der Waals surface area contributed by atoms with Crippen LogP contribution in [0.15, 0.2) is 0 Å². The predicted octanol–water partition coefficient (Wildman–Crippen LogP) is 1.97. The van der Waals surface area contributed by atoms with Gasteiger partial charge < -0.3 is 0 Å². The Kier molecular flexibility index (Phi) is 3.43. The van der Waals surface area contributed by atoms with Crippen molar-refractivity contribution in [2.75, 3.05) is 0 Å². The molecule has 64 valence electrons. The Bertz CT molecular complexity index is 168. The van der Waals surface area contributed by atoms with Crippen LogP contribution in [0.4, 0.5) is 0 Å². The summed E-state index contributed by atoms with van der Waals surface area (Å²) in [6.07, 6.45) is 0.875. The fourth-order valence-electron chi connectivity index (χ4n) is 1.20. The third-order valence-electron chi connectivity index (χ3n) is 1.77. The van der Waals surface area contributed by atoms with Crippen LogP contribution in [0, 0.1) is 5.41 Å². The van der Waals surface area contributed by atoms with Crippen molar-refractivity contribution in [2.45, 2.75) is 40.5 Å². The molecule has 0 rings (SSSR count). The summed E-state index contributed by atoms with van der Waals surface area (Å²) in [5.41, 5.74) is -0.458. The second kappa shape index (κ2) is 3.65. The van der Waals surface area contributed by atoms with Gasteiger partial charge in [-0.15, -0.1) is 0 Å². The molecular weight excluding hydrogens is 140 g/mol. The molecule has 0 aliphatic rings. The van der Waals surface area contributed by atoms with Crippen molar-refractivity contribution >= 4 is 11.6 Å². The van der Waals surface area contributed by atoms with Crippen molar-refractivity contribution in [3.63, 3.8) is 0 Å². The van der Waals surface area contributed by atoms with Crippen molar-refractivity contribution in [1.82, 2.24) is 0 Å². The number of Topliss-reactive ketones (excluding diaryl/α,β-unsaturated/α-hetero) is 2. The third-order valence-corrected chi connectivity index (χ3v) is 1.77. The van der Waals surface area contributed by atoms with E-state index in [0.717, 1.165) is 0 Å². The molecule has 0 saturated heterocycles. The second-order valence-corrected chi connectivity index (χ2v) is 3.54. The molecule has 0 amide bonds. The van der Waals surface area contributed by atoms with E-state index in [0.29, 0.717) is 12.8 Å². The monoisotopic (exact) mass is 156 g/mol. The lowest BCUT2D eigenvalue weighted by molar-refractivity contribution is -0.131. The van der Waals surface area contributed by atoms with Gasteiger partial charge in [0.1, 0.15) is 11.6 Å². The van der Waals surface area contributed by atoms with Crippen LogP contribution in [0.2, 0.25) is 0 Å². The summed E-state index contributed by atoms with van der Waals surface area (Å²) < 4.78 is 0. The largest absolute Gasteiger partial charge is 0.300 e. The topological polar surface area (TPSA) is 34.1 Å². The minimum Gasteiger partial charge on any atom is -0.300 e. The van der Waals surface area contributed by atoms with E-state index in [-0.39, 0.29) is 11.6 Å². The van der Waals surface area contributed by atoms with Crippen LogP contribution < -0.4 is 0 Å². The van der Waals surface area contributed by atoms with Crippen LogP contribution in [0.1, 0.15) is 40.5 Å². The van der Waals surface area contributed by atoms with Gasteiger partial charge in [0.2, 0.25) is 0 Å². The molecule has 0 fully saturated rings. The van der Waals surface area contributed by atoms with Gasteiger partial charge in [0.05, 0.1) is 0 Å². The summed E-state index contributed by atoms with van der Waals surface area (Å²) in [7, 11) is 0. The normalized spacial score (nSPS) is 11.3. The van der Waals surface area contributed by atoms with Crippen molar-refractivity contribution in [3.05, 3.63) is 0 Å². The molecular formula is C9H16O2. The SMILES string of the molecule is CCC(=O)C(C)(C)CC(C)=O. The highest BCUT2D eigenvalue weighted by Gasteiger charge is 2.26. The predicted molar refractivity (Wildman–Crippen MR) is 44.4 cm³/mol. The Labute approximate surface area is 68.0 Å². The molecule has 0 radical (unpaired) electrons. The maximum atomic E-state index is 11.2. The van der Waals surface area contributed by atoms with Gasteiger partial charge in [-0.2, -0.15) is 0 Å². The molecule has 0 aromatic carbocycles. The first-order chi connectivity index (χ1) is 4.90. The van der Waals surface area contributed by atoms with Crippen molar-refractivity contribution in [2.24, 2.45) is 5.41 Å². The lowest BCUT2D eigenvalue weighted by Crippen LogP contribution is -2.25. The van der Waals surface area contributed by atoms with E-state index < -0.39 is 5.41 Å². The number of ketones is 2. The van der Waals surface area contributed by atoms with Gasteiger partial charge in [-0.05, 0) is 6.92 Å². The number of rotatable bonds is 4. The molecule has 0 unspecified atom stereocenters. The number of hydrogen-bond acceptors (Lipinski definition) is 2. The zero-order chi connectivity index (χ0) is 9.07. The van der Waals surface area contributed by atoms with E-state index in [1.807, 2.05) is 20.8 Å². The van der Waals surface area contributed by atoms with Crippen molar-refractivity contribution in [3.8, 4) is 0 Å². The summed E-state index contributed by atoms with van der Waals surface area (Å²) in [6.45, 7) is 6.98. The molecule has 0 N–H and O–H groups in total. The van der Waals surface area contributed by atoms with E-state index in [4.69, 9.17) is 0 Å². The Morgan fingerprint density at radius 2 is 1.73 bits per heavy atom. The maximum Gasteiger partial charge on any atom is 0.138 e. The first kappa shape index (κ1) is 10.3. The Morgan fingerprint density at radius 1 is 1.27 bits per heavy atom. The number of hydrogen-bond donors (Lipinski definition) is 0. The minimum atomic E-state index is -0.458. The van der Waals surface area contributed by atoms with Crippen LogP contribution >= 0.6 is 0 Å². The van der Waals surface area contributed by atoms with Gasteiger partial charge in [-0.1, -0.05) is 20.8 Å². The molecule has 0 bridgehead atoms. The Morgan fingerprint density at radius 3 is 2.00 bits per heavy atom. The zero-order valence-electron chi connectivity index (χ0n) is 7.73. The zero-order valence-corrected chi connectivity index (χ0v) is 7.73. The first-order valence-corrected chi connectivity index (χ1v) is 3.93. The van der Waals surface area contributed by atoms with Gasteiger partial charge in [0.25, 0.3) is 0 Å². The van der Waals surface area contributed by atoms with E-state index in [1.54, 1.807) is 0 Å². The smallest absolute Gasteiger partial charge is 0.138 e. The van der Waals surface area contributed by atoms with Crippen LogP contribution in [-0.4, -0.2) is 11.6 Å². The molecule has 0 heterocycles. The molecule has 0 atom stereocenters. The van der Waals surface area contributed by atoms with E-state index in [9.17, 15) is 9.59 Å². The van der Waals surface area contributed by atoms with E-state index >= 15 is 0 Å². The summed E-state index contributed by atoms with van der Waals surface area (Å²) in [5.74, 6) is 0.240. The second-order valence-electron chi connectivity index (χ2n) is 3.54. The standard InChI is InChI=1S/C9H16O2/c1-5-8(11)9(3,4)6-7(2)10/h5-6H2,1-4H3. The highest BCUT2D eigenvalue weighted by atomic mass is 16.1. The molecule has 11 heavy (non-hydrogen) atoms. The number of carbonyl (C=O) groups excluding carboxylic acids is 2. The van der Waals surface area contributed by atoms with Gasteiger partial charge in [-0.25, -0.2) is 0 Å². The fourth-order valence-corrected chi connectivity index (χ4v) is 1.20. The molecule has 0 aromatic heterocycles. The third kappa shape index (κ3) is 3.30. The lowest BCUT2D eigenvalue weighted by atomic mass is 9.82. The van der Waals surface area contributed by atoms with Gasteiger partial charge in [-0.3, -0.25) is 9.59 Å². The Hall–Kier alpha value is -0.660. The quantitative estimate of drug-likeness (QED) is 0.623. The van der Waals surface area contributed by atoms with Crippen molar-refractivity contribution < 1.29 is 9.59 Å². The molecule has 0 spiro atoms. The van der Waals surface area contributed by atoms with Crippen LogP contribution in [0.25, 0.3) is 0 Å². The molecule has 0 aliphatic carbocycles. The summed E-state index contributed by atoms with van der Waals surface area (Å²) >= 11 is 0. The molecule has 0 saturated carbocycles. The average Bonchev–Trinajstić information content (AvgIpc) is 1.83. The summed E-state index contributed by atoms with van der Waals surface area (Å²) in [4.78, 5) is 21.9. The number of carbonyl (C=O) groups is 2. The fraction of sp³-hybridized carbons (Fsp3) is 0.778. The highest BCUT2D eigenvalue weighted by Crippen LogP contribution is 2.23. The lowest BCUT2D eigenvalue weighted by Gasteiger charge is -2.20. The van der Waals surface area contributed by atoms with Gasteiger partial charge >= 0.3 is 0 Å². The molecule has 0 aliphatic heterocycles. The minimum absolute atomic E-state index is 0.0804. The van der Waals surface area contributed by atoms with Crippen LogP contribution in [-0.2, 0) is 9.59 Å². The van der Waals surface area contributed by atoms with Gasteiger partial charge in [0.15, 0.2) is 0 Å². The first-order valence-electron chi connectivity index (χ1n) is 3.93. The maximum absolute atomic E-state index is 11.2.